The van der Waals surface area contributed by atoms with E-state index in [1.807, 2.05) is 10.8 Å². The van der Waals surface area contributed by atoms with Crippen molar-refractivity contribution >= 4 is 17.4 Å². The van der Waals surface area contributed by atoms with Crippen molar-refractivity contribution in [2.75, 3.05) is 0 Å². The number of unbranched alkanes of at least 4 members (excludes halogenated alkanes) is 2. The first-order valence-electron chi connectivity index (χ1n) is 6.90. The molecule has 2 rings (SSSR count). The van der Waals surface area contributed by atoms with Crippen molar-refractivity contribution in [1.82, 2.24) is 0 Å². The summed E-state index contributed by atoms with van der Waals surface area (Å²) in [6, 6.07) is 0. The first-order chi connectivity index (χ1) is 9.52. The number of nitrogens with two attached hydrogens (primary N) is 1. The molecular weight excluding hydrogens is 278 g/mol. The topological polar surface area (TPSA) is 70.8 Å². The molecule has 6 heteroatoms. The van der Waals surface area contributed by atoms with E-state index in [1.54, 1.807) is 18.3 Å². The molecule has 1 aromatic rings. The molecule has 0 aromatic carbocycles. The Labute approximate surface area is 123 Å². The highest BCUT2D eigenvalue weighted by molar-refractivity contribution is 7.08. The zero-order chi connectivity index (χ0) is 14.6. The van der Waals surface area contributed by atoms with Crippen LogP contribution < -0.4 is 10.5 Å². The highest BCUT2D eigenvalue weighted by Crippen LogP contribution is 2.35. The number of fused-ring (bicyclic) bond motifs is 1. The van der Waals surface area contributed by atoms with Crippen LogP contribution in [0.4, 0.5) is 4.79 Å². The van der Waals surface area contributed by atoms with Crippen LogP contribution in [0, 0.1) is 0 Å². The minimum Gasteiger partial charge on any atom is -0.463 e. The lowest BCUT2D eigenvalue weighted by Crippen LogP contribution is -2.41. The van der Waals surface area contributed by atoms with Crippen molar-refractivity contribution in [3.63, 3.8) is 0 Å². The Morgan fingerprint density at radius 2 is 2.35 bits per heavy atom. The molecule has 1 amide bonds. The molecule has 112 valence electrons. The van der Waals surface area contributed by atoms with Gasteiger partial charge in [-0.25, -0.2) is 4.79 Å². The van der Waals surface area contributed by atoms with Crippen molar-refractivity contribution in [3.05, 3.63) is 16.3 Å². The van der Waals surface area contributed by atoms with Gasteiger partial charge in [0.25, 0.3) is 0 Å². The maximum Gasteiger partial charge on any atom is 0.407 e. The average Bonchev–Trinajstić information content (AvgIpc) is 2.88. The SMILES string of the molecule is CCCCCC(C)(OC(N)=O)OC1Cc2cscc2O1. The Kier molecular flexibility index (Phi) is 4.88. The van der Waals surface area contributed by atoms with E-state index >= 15 is 0 Å². The van der Waals surface area contributed by atoms with Gasteiger partial charge in [0.2, 0.25) is 12.1 Å². The van der Waals surface area contributed by atoms with Gasteiger partial charge in [0.05, 0.1) is 0 Å². The molecular formula is C14H21NO4S. The third-order valence-electron chi connectivity index (χ3n) is 3.28. The molecule has 2 heterocycles. The third-order valence-corrected chi connectivity index (χ3v) is 4.05. The summed E-state index contributed by atoms with van der Waals surface area (Å²) in [5.74, 6) is -0.173. The van der Waals surface area contributed by atoms with Crippen molar-refractivity contribution in [2.45, 2.75) is 58.0 Å². The zero-order valence-corrected chi connectivity index (χ0v) is 12.7. The first kappa shape index (κ1) is 15.1. The summed E-state index contributed by atoms with van der Waals surface area (Å²) < 4.78 is 16.7. The molecule has 0 fully saturated rings. The van der Waals surface area contributed by atoms with Crippen LogP contribution in [-0.2, 0) is 15.9 Å². The number of ether oxygens (including phenoxy) is 3. The van der Waals surface area contributed by atoms with Gasteiger partial charge in [-0.05, 0) is 11.8 Å². The molecule has 1 aromatic heterocycles. The molecule has 2 unspecified atom stereocenters. The van der Waals surface area contributed by atoms with Crippen molar-refractivity contribution < 1.29 is 19.0 Å². The van der Waals surface area contributed by atoms with E-state index in [2.05, 4.69) is 6.92 Å². The van der Waals surface area contributed by atoms with Gasteiger partial charge in [-0.3, -0.25) is 4.74 Å². The number of hydrogen-bond donors (Lipinski definition) is 1. The molecule has 20 heavy (non-hydrogen) atoms. The summed E-state index contributed by atoms with van der Waals surface area (Å²) in [6.07, 6.45) is 3.09. The number of amides is 1. The Morgan fingerprint density at radius 1 is 1.55 bits per heavy atom. The maximum absolute atomic E-state index is 11.1. The van der Waals surface area contributed by atoms with Crippen LogP contribution in [-0.4, -0.2) is 18.2 Å². The van der Waals surface area contributed by atoms with E-state index in [9.17, 15) is 4.79 Å². The number of hydrogen-bond acceptors (Lipinski definition) is 5. The average molecular weight is 299 g/mol. The summed E-state index contributed by atoms with van der Waals surface area (Å²) in [7, 11) is 0. The highest BCUT2D eigenvalue weighted by Gasteiger charge is 2.36. The Morgan fingerprint density at radius 3 is 3.00 bits per heavy atom. The van der Waals surface area contributed by atoms with Crippen LogP contribution in [0.3, 0.4) is 0 Å². The summed E-state index contributed by atoms with van der Waals surface area (Å²) in [5, 5.41) is 3.99. The molecule has 0 spiro atoms. The van der Waals surface area contributed by atoms with E-state index in [0.717, 1.165) is 30.6 Å². The summed E-state index contributed by atoms with van der Waals surface area (Å²) >= 11 is 1.60. The second kappa shape index (κ2) is 6.45. The van der Waals surface area contributed by atoms with Gasteiger partial charge in [0.15, 0.2) is 0 Å². The molecule has 2 atom stereocenters. The predicted molar refractivity (Wildman–Crippen MR) is 76.7 cm³/mol. The smallest absolute Gasteiger partial charge is 0.407 e. The molecule has 0 radical (unpaired) electrons. The monoisotopic (exact) mass is 299 g/mol. The van der Waals surface area contributed by atoms with Crippen LogP contribution in [0.15, 0.2) is 10.8 Å². The molecule has 0 aliphatic carbocycles. The number of carbonyl (C=O) groups is 1. The van der Waals surface area contributed by atoms with Gasteiger partial charge in [-0.2, -0.15) is 0 Å². The molecule has 2 N–H and O–H groups in total. The van der Waals surface area contributed by atoms with Gasteiger partial charge in [-0.1, -0.05) is 19.8 Å². The van der Waals surface area contributed by atoms with Crippen LogP contribution in [0.25, 0.3) is 0 Å². The van der Waals surface area contributed by atoms with Gasteiger partial charge in [0.1, 0.15) is 5.75 Å². The van der Waals surface area contributed by atoms with E-state index in [0.29, 0.717) is 12.8 Å². The van der Waals surface area contributed by atoms with Gasteiger partial charge < -0.3 is 15.2 Å². The van der Waals surface area contributed by atoms with E-state index in [-0.39, 0.29) is 0 Å². The van der Waals surface area contributed by atoms with E-state index in [4.69, 9.17) is 19.9 Å². The minimum atomic E-state index is -1.03. The molecule has 5 nitrogen and oxygen atoms in total. The number of carbonyl (C=O) groups excluding carboxylic acids is 1. The normalized spacial score (nSPS) is 20.0. The van der Waals surface area contributed by atoms with Crippen LogP contribution >= 0.6 is 11.3 Å². The lowest BCUT2D eigenvalue weighted by Gasteiger charge is -2.31. The number of primary amides is 1. The fraction of sp³-hybridized carbons (Fsp3) is 0.643. The van der Waals surface area contributed by atoms with E-state index in [1.165, 1.54) is 0 Å². The van der Waals surface area contributed by atoms with Gasteiger partial charge >= 0.3 is 6.09 Å². The quantitative estimate of drug-likeness (QED) is 0.618. The standard InChI is InChI=1S/C14H21NO4S/c1-3-4-5-6-14(2,19-13(15)16)18-12-7-10-8-20-9-11(10)17-12/h8-9,12H,3-7H2,1-2H3,(H2,15,16). The molecule has 0 saturated carbocycles. The summed E-state index contributed by atoms with van der Waals surface area (Å²) in [4.78, 5) is 11.1. The van der Waals surface area contributed by atoms with Crippen molar-refractivity contribution in [1.29, 1.82) is 0 Å². The number of rotatable bonds is 7. The van der Waals surface area contributed by atoms with E-state index < -0.39 is 18.2 Å². The molecule has 1 aliphatic rings. The highest BCUT2D eigenvalue weighted by atomic mass is 32.1. The van der Waals surface area contributed by atoms with Crippen LogP contribution in [0.5, 0.6) is 5.75 Å². The second-order valence-electron chi connectivity index (χ2n) is 5.14. The molecule has 1 aliphatic heterocycles. The lowest BCUT2D eigenvalue weighted by atomic mass is 10.1. The maximum atomic E-state index is 11.1. The zero-order valence-electron chi connectivity index (χ0n) is 11.9. The fourth-order valence-corrected chi connectivity index (χ4v) is 3.09. The Balaban J connectivity index is 1.93. The van der Waals surface area contributed by atoms with Gasteiger partial charge in [-0.15, -0.1) is 11.3 Å². The largest absolute Gasteiger partial charge is 0.463 e. The van der Waals surface area contributed by atoms with Crippen molar-refractivity contribution in [3.8, 4) is 5.75 Å². The lowest BCUT2D eigenvalue weighted by molar-refractivity contribution is -0.256. The fourth-order valence-electron chi connectivity index (χ4n) is 2.31. The van der Waals surface area contributed by atoms with Gasteiger partial charge in [0, 0.05) is 30.7 Å². The molecule has 0 saturated heterocycles. The first-order valence-corrected chi connectivity index (χ1v) is 7.84. The van der Waals surface area contributed by atoms with Crippen LogP contribution in [0.1, 0.15) is 45.1 Å². The Hall–Kier alpha value is -1.27. The Bertz CT molecular complexity index is 441. The summed E-state index contributed by atoms with van der Waals surface area (Å²) in [5.41, 5.74) is 6.28. The number of thiophene rings is 1. The second-order valence-corrected chi connectivity index (χ2v) is 5.89. The van der Waals surface area contributed by atoms with Crippen LogP contribution in [0.2, 0.25) is 0 Å². The van der Waals surface area contributed by atoms with Crippen molar-refractivity contribution in [2.24, 2.45) is 5.73 Å². The third kappa shape index (κ3) is 3.86. The summed E-state index contributed by atoms with van der Waals surface area (Å²) in [6.45, 7) is 3.85. The molecule has 0 bridgehead atoms. The predicted octanol–water partition coefficient (Wildman–Crippen LogP) is 3.42. The minimum absolute atomic E-state index is 0.417.